The van der Waals surface area contributed by atoms with Crippen molar-refractivity contribution in [3.8, 4) is 0 Å². The van der Waals surface area contributed by atoms with Gasteiger partial charge in [0.05, 0.1) is 11.3 Å². The lowest BCUT2D eigenvalue weighted by Crippen LogP contribution is -2.35. The van der Waals surface area contributed by atoms with Gasteiger partial charge in [-0.15, -0.1) is 0 Å². The van der Waals surface area contributed by atoms with Gasteiger partial charge in [0.2, 0.25) is 0 Å². The Balaban J connectivity index is 1.83. The minimum Gasteiger partial charge on any atom is -0.355 e. The normalized spacial score (nSPS) is 14.8. The number of piperidine rings is 1. The van der Waals surface area contributed by atoms with Crippen LogP contribution in [0.4, 0.5) is 11.4 Å². The Morgan fingerprint density at radius 2 is 1.71 bits per heavy atom. The van der Waals surface area contributed by atoms with Crippen LogP contribution in [0.5, 0.6) is 0 Å². The number of carbonyl (C=O) groups excluding carboxylic acids is 1. The molecule has 3 heteroatoms. The summed E-state index contributed by atoms with van der Waals surface area (Å²) in [7, 11) is 0. The van der Waals surface area contributed by atoms with Crippen molar-refractivity contribution >= 4 is 17.3 Å². The molecule has 0 aromatic heterocycles. The van der Waals surface area contributed by atoms with Crippen LogP contribution < -0.4 is 5.32 Å². The van der Waals surface area contributed by atoms with E-state index in [0.29, 0.717) is 0 Å². The van der Waals surface area contributed by atoms with Crippen LogP contribution in [-0.4, -0.2) is 23.9 Å². The quantitative estimate of drug-likeness (QED) is 0.925. The summed E-state index contributed by atoms with van der Waals surface area (Å²) in [5.41, 5.74) is 2.57. The average Bonchev–Trinajstić information content (AvgIpc) is 2.56. The van der Waals surface area contributed by atoms with Gasteiger partial charge in [0.1, 0.15) is 0 Å². The summed E-state index contributed by atoms with van der Waals surface area (Å²) in [6, 6.07) is 18.3. The van der Waals surface area contributed by atoms with Crippen molar-refractivity contribution in [1.29, 1.82) is 0 Å². The molecule has 0 spiro atoms. The van der Waals surface area contributed by atoms with E-state index in [0.717, 1.165) is 42.9 Å². The molecule has 0 atom stereocenters. The maximum absolute atomic E-state index is 12.7. The first kappa shape index (κ1) is 13.7. The van der Waals surface area contributed by atoms with Crippen LogP contribution in [0.3, 0.4) is 0 Å². The van der Waals surface area contributed by atoms with Crippen molar-refractivity contribution in [3.05, 3.63) is 60.2 Å². The Labute approximate surface area is 125 Å². The van der Waals surface area contributed by atoms with Crippen molar-refractivity contribution in [3.63, 3.8) is 0 Å². The number of hydrogen-bond acceptors (Lipinski definition) is 2. The second kappa shape index (κ2) is 6.44. The van der Waals surface area contributed by atoms with Crippen LogP contribution in [0, 0.1) is 6.07 Å². The molecule has 0 bridgehead atoms. The van der Waals surface area contributed by atoms with E-state index in [9.17, 15) is 4.79 Å². The number of carbonyl (C=O) groups is 1. The molecule has 1 radical (unpaired) electrons. The van der Waals surface area contributed by atoms with Gasteiger partial charge in [-0.25, -0.2) is 0 Å². The Hall–Kier alpha value is -2.29. The monoisotopic (exact) mass is 279 g/mol. The summed E-state index contributed by atoms with van der Waals surface area (Å²) in [5.74, 6) is 0.125. The fraction of sp³-hybridized carbons (Fsp3) is 0.278. The minimum absolute atomic E-state index is 0.125. The number of amides is 1. The van der Waals surface area contributed by atoms with E-state index in [4.69, 9.17) is 0 Å². The minimum atomic E-state index is 0.125. The molecule has 3 rings (SSSR count). The van der Waals surface area contributed by atoms with Gasteiger partial charge in [-0.3, -0.25) is 4.79 Å². The van der Waals surface area contributed by atoms with E-state index < -0.39 is 0 Å². The Kier molecular flexibility index (Phi) is 4.20. The molecule has 107 valence electrons. The molecule has 1 aliphatic heterocycles. The summed E-state index contributed by atoms with van der Waals surface area (Å²) < 4.78 is 0. The third-order valence-corrected chi connectivity index (χ3v) is 3.80. The highest BCUT2D eigenvalue weighted by Crippen LogP contribution is 2.23. The van der Waals surface area contributed by atoms with E-state index in [1.807, 2.05) is 53.4 Å². The number of rotatable bonds is 3. The van der Waals surface area contributed by atoms with Crippen LogP contribution in [0.1, 0.15) is 29.6 Å². The molecule has 21 heavy (non-hydrogen) atoms. The highest BCUT2D eigenvalue weighted by Gasteiger charge is 2.20. The standard InChI is InChI=1S/C18H19N2O/c21-18(20-13-7-2-8-14-20)16-11-5-6-12-17(16)19-15-9-3-1-4-10-15/h3-6,9-12,19H,2,7-8,13-14H2. The summed E-state index contributed by atoms with van der Waals surface area (Å²) in [4.78, 5) is 14.7. The first-order valence-corrected chi connectivity index (χ1v) is 7.46. The number of benzene rings is 2. The van der Waals surface area contributed by atoms with Crippen molar-refractivity contribution in [2.75, 3.05) is 18.4 Å². The first-order valence-electron chi connectivity index (χ1n) is 7.46. The molecular weight excluding hydrogens is 260 g/mol. The molecule has 2 aromatic rings. The van der Waals surface area contributed by atoms with Gasteiger partial charge in [-0.2, -0.15) is 0 Å². The third-order valence-electron chi connectivity index (χ3n) is 3.80. The van der Waals surface area contributed by atoms with Gasteiger partial charge < -0.3 is 10.2 Å². The second-order valence-corrected chi connectivity index (χ2v) is 5.31. The van der Waals surface area contributed by atoms with Gasteiger partial charge in [-0.05, 0) is 49.6 Å². The van der Waals surface area contributed by atoms with E-state index in [1.54, 1.807) is 0 Å². The van der Waals surface area contributed by atoms with E-state index >= 15 is 0 Å². The van der Waals surface area contributed by atoms with Gasteiger partial charge in [-0.1, -0.05) is 24.3 Å². The van der Waals surface area contributed by atoms with E-state index in [1.165, 1.54) is 6.42 Å². The third kappa shape index (κ3) is 3.24. The lowest BCUT2D eigenvalue weighted by atomic mass is 10.1. The highest BCUT2D eigenvalue weighted by atomic mass is 16.2. The summed E-state index contributed by atoms with van der Waals surface area (Å²) in [6.07, 6.45) is 3.44. The van der Waals surface area contributed by atoms with E-state index in [2.05, 4.69) is 11.4 Å². The van der Waals surface area contributed by atoms with Crippen molar-refractivity contribution in [2.24, 2.45) is 0 Å². The number of para-hydroxylation sites is 1. The summed E-state index contributed by atoms with van der Waals surface area (Å²) in [5, 5.41) is 3.33. The molecule has 1 N–H and O–H groups in total. The molecule has 1 amide bonds. The van der Waals surface area contributed by atoms with Crippen LogP contribution in [0.2, 0.25) is 0 Å². The molecule has 2 aromatic carbocycles. The zero-order chi connectivity index (χ0) is 14.5. The SMILES string of the molecule is O=C(c1ccccc1Nc1cc[c]cc1)N1CCCCC1. The number of nitrogens with zero attached hydrogens (tertiary/aromatic N) is 1. The molecule has 0 unspecified atom stereocenters. The fourth-order valence-electron chi connectivity index (χ4n) is 2.67. The molecule has 0 saturated carbocycles. The van der Waals surface area contributed by atoms with Crippen LogP contribution in [0.25, 0.3) is 0 Å². The van der Waals surface area contributed by atoms with Gasteiger partial charge in [0.15, 0.2) is 0 Å². The molecule has 1 fully saturated rings. The zero-order valence-corrected chi connectivity index (χ0v) is 12.0. The van der Waals surface area contributed by atoms with Crippen molar-refractivity contribution < 1.29 is 4.79 Å². The van der Waals surface area contributed by atoms with Gasteiger partial charge in [0.25, 0.3) is 5.91 Å². The summed E-state index contributed by atoms with van der Waals surface area (Å²) >= 11 is 0. The number of likely N-dealkylation sites (tertiary alicyclic amines) is 1. The molecule has 1 heterocycles. The molecule has 3 nitrogen and oxygen atoms in total. The predicted molar refractivity (Wildman–Crippen MR) is 84.8 cm³/mol. The van der Waals surface area contributed by atoms with Crippen LogP contribution in [-0.2, 0) is 0 Å². The van der Waals surface area contributed by atoms with Crippen LogP contribution in [0.15, 0.2) is 48.5 Å². The molecule has 1 saturated heterocycles. The van der Waals surface area contributed by atoms with E-state index in [-0.39, 0.29) is 5.91 Å². The lowest BCUT2D eigenvalue weighted by Gasteiger charge is -2.27. The molecule has 1 aliphatic rings. The Morgan fingerprint density at radius 3 is 2.48 bits per heavy atom. The van der Waals surface area contributed by atoms with Crippen molar-refractivity contribution in [2.45, 2.75) is 19.3 Å². The summed E-state index contributed by atoms with van der Waals surface area (Å²) in [6.45, 7) is 1.74. The van der Waals surface area contributed by atoms with Gasteiger partial charge in [0, 0.05) is 18.8 Å². The predicted octanol–water partition coefficient (Wildman–Crippen LogP) is 3.86. The number of hydrogen-bond donors (Lipinski definition) is 1. The lowest BCUT2D eigenvalue weighted by molar-refractivity contribution is 0.0725. The first-order chi connectivity index (χ1) is 10.3. The highest BCUT2D eigenvalue weighted by molar-refractivity contribution is 6.00. The van der Waals surface area contributed by atoms with Crippen molar-refractivity contribution in [1.82, 2.24) is 4.90 Å². The molecular formula is C18H19N2O. The smallest absolute Gasteiger partial charge is 0.255 e. The Morgan fingerprint density at radius 1 is 1.00 bits per heavy atom. The maximum Gasteiger partial charge on any atom is 0.255 e. The van der Waals surface area contributed by atoms with Gasteiger partial charge >= 0.3 is 0 Å². The second-order valence-electron chi connectivity index (χ2n) is 5.31. The molecule has 0 aliphatic carbocycles. The maximum atomic E-state index is 12.7. The topological polar surface area (TPSA) is 32.3 Å². The Bertz CT molecular complexity index is 604. The largest absolute Gasteiger partial charge is 0.355 e. The number of nitrogens with one attached hydrogen (secondary N) is 1. The zero-order valence-electron chi connectivity index (χ0n) is 12.0. The average molecular weight is 279 g/mol. The number of anilines is 2. The fourth-order valence-corrected chi connectivity index (χ4v) is 2.67. The van der Waals surface area contributed by atoms with Crippen LogP contribution >= 0.6 is 0 Å².